The topological polar surface area (TPSA) is 276 Å². The van der Waals surface area contributed by atoms with Crippen molar-refractivity contribution in [1.29, 1.82) is 0 Å². The van der Waals surface area contributed by atoms with Crippen molar-refractivity contribution in [1.82, 2.24) is 25.1 Å². The number of thioether (sulfide) groups is 1. The van der Waals surface area contributed by atoms with E-state index in [4.69, 9.17) is 10.6 Å². The summed E-state index contributed by atoms with van der Waals surface area (Å²) < 4.78 is 1.40. The van der Waals surface area contributed by atoms with Crippen LogP contribution in [-0.4, -0.2) is 99.6 Å². The summed E-state index contributed by atoms with van der Waals surface area (Å²) in [5.41, 5.74) is 2.29. The number of rotatable bonds is 10. The minimum atomic E-state index is -1.82. The van der Waals surface area contributed by atoms with Gasteiger partial charge in [0.15, 0.2) is 22.3 Å². The number of amides is 3. The highest BCUT2D eigenvalue weighted by molar-refractivity contribution is 8.00. The zero-order chi connectivity index (χ0) is 35.2. The van der Waals surface area contributed by atoms with Crippen LogP contribution in [0.2, 0.25) is 0 Å². The summed E-state index contributed by atoms with van der Waals surface area (Å²) in [6.07, 6.45) is 1.23. The number of aromatic hydroxyl groups is 2. The fraction of sp³-hybridized carbons (Fsp3) is 0.286. The Kier molecular flexibility index (Phi) is 8.80. The van der Waals surface area contributed by atoms with Gasteiger partial charge in [-0.05, 0) is 25.5 Å². The number of aromatic nitrogens is 2. The molecule has 252 valence electrons. The van der Waals surface area contributed by atoms with Crippen LogP contribution in [0, 0.1) is 0 Å². The third kappa shape index (κ3) is 6.09. The first-order chi connectivity index (χ1) is 22.5. The Morgan fingerprint density at radius 1 is 1.17 bits per heavy atom. The molecule has 2 aromatic heterocycles. The summed E-state index contributed by atoms with van der Waals surface area (Å²) in [7, 11) is 1.52. The molecular formula is C28H27N7O11S2. The summed E-state index contributed by atoms with van der Waals surface area (Å²) in [5, 5.41) is 48.2. The maximum absolute atomic E-state index is 13.3. The molecule has 1 fully saturated rings. The molecule has 1 unspecified atom stereocenters. The van der Waals surface area contributed by atoms with Crippen LogP contribution in [0.3, 0.4) is 0 Å². The third-order valence-electron chi connectivity index (χ3n) is 7.39. The quantitative estimate of drug-likeness (QED) is 0.0621. The summed E-state index contributed by atoms with van der Waals surface area (Å²) in [4.78, 5) is 86.4. The fourth-order valence-corrected chi connectivity index (χ4v) is 6.67. The molecule has 20 heteroatoms. The predicted molar refractivity (Wildman–Crippen MR) is 170 cm³/mol. The molecule has 0 spiro atoms. The van der Waals surface area contributed by atoms with Crippen molar-refractivity contribution in [2.24, 2.45) is 12.2 Å². The van der Waals surface area contributed by atoms with Gasteiger partial charge < -0.3 is 46.2 Å². The Bertz CT molecular complexity index is 2030. The van der Waals surface area contributed by atoms with Gasteiger partial charge >= 0.3 is 11.9 Å². The lowest BCUT2D eigenvalue weighted by Gasteiger charge is -2.49. The van der Waals surface area contributed by atoms with E-state index in [1.807, 2.05) is 0 Å². The number of oxime groups is 1. The molecule has 5 rings (SSSR count). The summed E-state index contributed by atoms with van der Waals surface area (Å²) in [6, 6.07) is 0.990. The number of fused-ring (bicyclic) bond motifs is 2. The molecular weight excluding hydrogens is 674 g/mol. The van der Waals surface area contributed by atoms with Gasteiger partial charge in [-0.1, -0.05) is 5.16 Å². The number of thiazole rings is 1. The number of nitrogen functional groups attached to an aromatic ring is 1. The molecule has 2 aliphatic heterocycles. The van der Waals surface area contributed by atoms with Crippen LogP contribution in [0.4, 0.5) is 5.13 Å². The number of hydrogen-bond donors (Lipinski definition) is 7. The highest BCUT2D eigenvalue weighted by atomic mass is 32.2. The van der Waals surface area contributed by atoms with Crippen LogP contribution < -0.4 is 21.8 Å². The molecule has 0 saturated carbocycles. The molecule has 1 aromatic carbocycles. The average molecular weight is 702 g/mol. The normalized spacial score (nSPS) is 17.9. The van der Waals surface area contributed by atoms with Gasteiger partial charge in [0, 0.05) is 37.0 Å². The van der Waals surface area contributed by atoms with Gasteiger partial charge in [0.2, 0.25) is 11.0 Å². The lowest BCUT2D eigenvalue weighted by molar-refractivity contribution is -0.161. The molecule has 18 nitrogen and oxygen atoms in total. The Labute approximate surface area is 277 Å². The van der Waals surface area contributed by atoms with Gasteiger partial charge in [0.05, 0.1) is 10.9 Å². The van der Waals surface area contributed by atoms with E-state index in [2.05, 4.69) is 20.8 Å². The number of nitrogens with zero attached hydrogens (tertiary/aromatic N) is 4. The number of carbonyl (C=O) groups is 5. The third-order valence-corrected chi connectivity index (χ3v) is 9.40. The van der Waals surface area contributed by atoms with Gasteiger partial charge in [-0.3, -0.25) is 24.1 Å². The number of anilines is 1. The number of β-lactam (4-membered cyclic amide) rings is 1. The van der Waals surface area contributed by atoms with Gasteiger partial charge in [0.25, 0.3) is 17.7 Å². The predicted octanol–water partition coefficient (Wildman–Crippen LogP) is -0.259. The minimum absolute atomic E-state index is 0.0189. The Balaban J connectivity index is 1.34. The maximum Gasteiger partial charge on any atom is 0.352 e. The van der Waals surface area contributed by atoms with Crippen molar-refractivity contribution in [3.63, 3.8) is 0 Å². The largest absolute Gasteiger partial charge is 0.504 e. The zero-order valence-electron chi connectivity index (χ0n) is 25.2. The highest BCUT2D eigenvalue weighted by Crippen LogP contribution is 2.40. The maximum atomic E-state index is 13.3. The second-order valence-corrected chi connectivity index (χ2v) is 13.1. The van der Waals surface area contributed by atoms with E-state index in [0.29, 0.717) is 0 Å². The smallest absolute Gasteiger partial charge is 0.352 e. The highest BCUT2D eigenvalue weighted by Gasteiger charge is 2.54. The average Bonchev–Trinajstić information content (AvgIpc) is 3.46. The number of carbonyl (C=O) groups excluding carboxylic acids is 3. The van der Waals surface area contributed by atoms with E-state index in [0.717, 1.165) is 34.1 Å². The van der Waals surface area contributed by atoms with Gasteiger partial charge in [0.1, 0.15) is 28.4 Å². The molecule has 1 saturated heterocycles. The number of phenolic OH excluding ortho intramolecular Hbond substituents is 2. The SMILES string of the molecule is Cn1cc(C(=O)NCC2=C(C(=O)O)N3C(=O)C(NC(=O)/C(=N\OC(C)(C)C(=O)O)c4csc(N)n4)[C@H]3SC2)c(=O)c2cc(O)c(O)cc21. The first-order valence-electron chi connectivity index (χ1n) is 13.8. The Morgan fingerprint density at radius 2 is 1.85 bits per heavy atom. The van der Waals surface area contributed by atoms with Crippen molar-refractivity contribution in [2.45, 2.75) is 30.9 Å². The number of pyridine rings is 1. The number of nitrogens with one attached hydrogen (secondary N) is 2. The van der Waals surface area contributed by atoms with Crippen LogP contribution in [0.15, 0.2) is 44.9 Å². The molecule has 3 aromatic rings. The van der Waals surface area contributed by atoms with Crippen molar-refractivity contribution in [2.75, 3.05) is 18.0 Å². The van der Waals surface area contributed by atoms with Gasteiger partial charge in [-0.2, -0.15) is 0 Å². The van der Waals surface area contributed by atoms with Crippen LogP contribution in [0.5, 0.6) is 11.5 Å². The molecule has 2 atom stereocenters. The summed E-state index contributed by atoms with van der Waals surface area (Å²) in [5.74, 6) is -6.41. The summed E-state index contributed by atoms with van der Waals surface area (Å²) in [6.45, 7) is 2.06. The molecule has 0 aliphatic carbocycles. The lowest BCUT2D eigenvalue weighted by atomic mass is 10.0. The fourth-order valence-electron chi connectivity index (χ4n) is 4.78. The minimum Gasteiger partial charge on any atom is -0.504 e. The molecule has 0 radical (unpaired) electrons. The van der Waals surface area contributed by atoms with E-state index >= 15 is 0 Å². The first-order valence-corrected chi connectivity index (χ1v) is 15.7. The van der Waals surface area contributed by atoms with Crippen molar-refractivity contribution >= 4 is 74.5 Å². The van der Waals surface area contributed by atoms with Crippen molar-refractivity contribution in [3.05, 3.63) is 56.5 Å². The van der Waals surface area contributed by atoms with Crippen molar-refractivity contribution in [3.8, 4) is 11.5 Å². The van der Waals surface area contributed by atoms with E-state index in [9.17, 15) is 49.2 Å². The van der Waals surface area contributed by atoms with Crippen LogP contribution in [0.1, 0.15) is 29.9 Å². The van der Waals surface area contributed by atoms with Crippen LogP contribution >= 0.6 is 23.1 Å². The molecule has 8 N–H and O–H groups in total. The molecule has 2 aliphatic rings. The summed E-state index contributed by atoms with van der Waals surface area (Å²) >= 11 is 2.08. The van der Waals surface area contributed by atoms with Gasteiger partial charge in [-0.15, -0.1) is 23.1 Å². The van der Waals surface area contributed by atoms with E-state index in [1.54, 1.807) is 0 Å². The number of hydrogen-bond acceptors (Lipinski definition) is 14. The number of benzene rings is 1. The Hall–Kier alpha value is -5.63. The van der Waals surface area contributed by atoms with E-state index < -0.39 is 75.0 Å². The standard InChI is InChI=1S/C28H27N7O11S2/c1-28(2,26(44)45)46-33-17(13-9-48-27(29)31-13)22(40)32-18-23(41)35-19(25(42)43)10(8-47-24(18)35)6-30-21(39)12-7-34(3)14-5-16(37)15(36)4-11(14)20(12)38/h4-5,7,9,18,24,36-37H,6,8H2,1-3H3,(H2,29,31)(H,30,39)(H,32,40)(H,42,43)(H,44,45)/b33-17-/t18?,24-/m1/s1. The molecule has 0 bridgehead atoms. The van der Waals surface area contributed by atoms with Crippen LogP contribution in [0.25, 0.3) is 10.9 Å². The number of phenols is 2. The number of aliphatic carboxylic acids is 2. The lowest BCUT2D eigenvalue weighted by Crippen LogP contribution is -2.71. The molecule has 3 amide bonds. The van der Waals surface area contributed by atoms with Crippen LogP contribution in [-0.2, 0) is 31.1 Å². The van der Waals surface area contributed by atoms with Crippen molar-refractivity contribution < 1.29 is 49.2 Å². The second kappa shape index (κ2) is 12.5. The zero-order valence-corrected chi connectivity index (χ0v) is 26.8. The Morgan fingerprint density at radius 3 is 2.48 bits per heavy atom. The van der Waals surface area contributed by atoms with E-state index in [1.165, 1.54) is 43.1 Å². The number of carboxylic acid groups (broad SMARTS) is 2. The molecule has 4 heterocycles. The van der Waals surface area contributed by atoms with Gasteiger partial charge in [-0.25, -0.2) is 14.6 Å². The first kappa shape index (κ1) is 33.7. The second-order valence-electron chi connectivity index (χ2n) is 11.1. The number of nitrogens with two attached hydrogens (primary N) is 1. The number of carboxylic acids is 2. The number of aryl methyl sites for hydroxylation is 1. The monoisotopic (exact) mass is 701 g/mol. The van der Waals surface area contributed by atoms with E-state index in [-0.39, 0.29) is 45.2 Å². The molecule has 48 heavy (non-hydrogen) atoms.